The molecule has 0 saturated heterocycles. The Bertz CT molecular complexity index is 229. The standard InChI is InChI=1S/C10H17BrO4/c1-4-6(3)8(9(12)13)15-10(14)7(11)5-2/h6-8H,4-5H2,1-3H3,(H,12,13). The van der Waals surface area contributed by atoms with Gasteiger partial charge in [-0.25, -0.2) is 4.79 Å². The number of halogens is 1. The zero-order valence-corrected chi connectivity index (χ0v) is 10.8. The lowest BCUT2D eigenvalue weighted by Gasteiger charge is -2.20. The molecule has 3 atom stereocenters. The second kappa shape index (κ2) is 6.82. The highest BCUT2D eigenvalue weighted by molar-refractivity contribution is 9.10. The van der Waals surface area contributed by atoms with Crippen molar-refractivity contribution in [3.05, 3.63) is 0 Å². The molecule has 5 heteroatoms. The minimum absolute atomic E-state index is 0.178. The van der Waals surface area contributed by atoms with Gasteiger partial charge in [0.25, 0.3) is 0 Å². The Kier molecular flexibility index (Phi) is 6.56. The van der Waals surface area contributed by atoms with Gasteiger partial charge in [-0.05, 0) is 12.8 Å². The van der Waals surface area contributed by atoms with Crippen LogP contribution in [0.2, 0.25) is 0 Å². The highest BCUT2D eigenvalue weighted by Crippen LogP contribution is 2.15. The molecule has 15 heavy (non-hydrogen) atoms. The van der Waals surface area contributed by atoms with E-state index >= 15 is 0 Å². The molecule has 0 aromatic carbocycles. The third-order valence-electron chi connectivity index (χ3n) is 2.26. The van der Waals surface area contributed by atoms with Crippen LogP contribution in [0.15, 0.2) is 0 Å². The Hall–Kier alpha value is -0.580. The fourth-order valence-corrected chi connectivity index (χ4v) is 1.10. The molecule has 88 valence electrons. The van der Waals surface area contributed by atoms with Crippen LogP contribution in [0.3, 0.4) is 0 Å². The largest absolute Gasteiger partial charge is 0.478 e. The Morgan fingerprint density at radius 1 is 1.33 bits per heavy atom. The van der Waals surface area contributed by atoms with Gasteiger partial charge in [0, 0.05) is 5.92 Å². The van der Waals surface area contributed by atoms with E-state index in [0.717, 1.165) is 0 Å². The Balaban J connectivity index is 4.42. The second-order valence-corrected chi connectivity index (χ2v) is 4.56. The summed E-state index contributed by atoms with van der Waals surface area (Å²) in [6.45, 7) is 5.43. The summed E-state index contributed by atoms with van der Waals surface area (Å²) in [5.41, 5.74) is 0. The first-order valence-electron chi connectivity index (χ1n) is 5.01. The van der Waals surface area contributed by atoms with Crippen LogP contribution < -0.4 is 0 Å². The molecular weight excluding hydrogens is 264 g/mol. The van der Waals surface area contributed by atoms with Crippen molar-refractivity contribution in [2.75, 3.05) is 0 Å². The van der Waals surface area contributed by atoms with E-state index in [9.17, 15) is 9.59 Å². The molecule has 0 saturated carbocycles. The van der Waals surface area contributed by atoms with E-state index in [1.807, 2.05) is 13.8 Å². The normalized spacial score (nSPS) is 16.5. The van der Waals surface area contributed by atoms with E-state index in [-0.39, 0.29) is 5.92 Å². The number of aliphatic carboxylic acids is 1. The molecule has 0 heterocycles. The van der Waals surface area contributed by atoms with Crippen LogP contribution >= 0.6 is 15.9 Å². The van der Waals surface area contributed by atoms with Crippen LogP contribution in [0.25, 0.3) is 0 Å². The highest BCUT2D eigenvalue weighted by atomic mass is 79.9. The molecule has 1 N–H and O–H groups in total. The van der Waals surface area contributed by atoms with Gasteiger partial charge in [0.15, 0.2) is 0 Å². The lowest BCUT2D eigenvalue weighted by Crippen LogP contribution is -2.35. The maximum Gasteiger partial charge on any atom is 0.345 e. The molecule has 0 radical (unpaired) electrons. The molecule has 0 aliphatic heterocycles. The first-order chi connectivity index (χ1) is 6.93. The smallest absolute Gasteiger partial charge is 0.345 e. The van der Waals surface area contributed by atoms with E-state index in [2.05, 4.69) is 15.9 Å². The molecule has 0 amide bonds. The summed E-state index contributed by atoms with van der Waals surface area (Å²) in [7, 11) is 0. The summed E-state index contributed by atoms with van der Waals surface area (Å²) < 4.78 is 4.93. The average molecular weight is 281 g/mol. The van der Waals surface area contributed by atoms with Gasteiger partial charge in [0.05, 0.1) is 0 Å². The first-order valence-corrected chi connectivity index (χ1v) is 5.92. The molecule has 0 spiro atoms. The molecule has 0 rings (SSSR count). The number of esters is 1. The van der Waals surface area contributed by atoms with Crippen molar-refractivity contribution in [2.24, 2.45) is 5.92 Å². The number of carbonyl (C=O) groups is 2. The molecule has 0 aliphatic rings. The van der Waals surface area contributed by atoms with E-state index in [1.165, 1.54) is 0 Å². The van der Waals surface area contributed by atoms with Crippen LogP contribution in [0.5, 0.6) is 0 Å². The lowest BCUT2D eigenvalue weighted by atomic mass is 10.0. The predicted octanol–water partition coefficient (Wildman–Crippen LogP) is 2.20. The predicted molar refractivity (Wildman–Crippen MR) is 60.0 cm³/mol. The fourth-order valence-electron chi connectivity index (χ4n) is 0.990. The van der Waals surface area contributed by atoms with Gasteiger partial charge in [-0.2, -0.15) is 0 Å². The van der Waals surface area contributed by atoms with Crippen LogP contribution in [-0.4, -0.2) is 28.0 Å². The summed E-state index contributed by atoms with van der Waals surface area (Å²) in [5.74, 6) is -1.78. The van der Waals surface area contributed by atoms with Crippen molar-refractivity contribution < 1.29 is 19.4 Å². The molecule has 0 aromatic heterocycles. The van der Waals surface area contributed by atoms with E-state index in [4.69, 9.17) is 9.84 Å². The SMILES string of the molecule is CCC(Br)C(=O)OC(C(=O)O)C(C)CC. The lowest BCUT2D eigenvalue weighted by molar-refractivity contribution is -0.167. The van der Waals surface area contributed by atoms with Gasteiger partial charge < -0.3 is 9.84 Å². The van der Waals surface area contributed by atoms with Crippen LogP contribution in [0.4, 0.5) is 0 Å². The van der Waals surface area contributed by atoms with Gasteiger partial charge in [0.2, 0.25) is 6.10 Å². The van der Waals surface area contributed by atoms with Gasteiger partial charge >= 0.3 is 11.9 Å². The van der Waals surface area contributed by atoms with Gasteiger partial charge in [0.1, 0.15) is 4.83 Å². The number of alkyl halides is 1. The number of carboxylic acids is 1. The number of hydrogen-bond donors (Lipinski definition) is 1. The van der Waals surface area contributed by atoms with E-state index < -0.39 is 22.9 Å². The molecule has 3 unspecified atom stereocenters. The summed E-state index contributed by atoms with van der Waals surface area (Å²) in [5, 5.41) is 8.89. The first kappa shape index (κ1) is 14.4. The monoisotopic (exact) mass is 280 g/mol. The van der Waals surface area contributed by atoms with Crippen LogP contribution in [0.1, 0.15) is 33.6 Å². The molecule has 0 aromatic rings. The van der Waals surface area contributed by atoms with E-state index in [0.29, 0.717) is 12.8 Å². The van der Waals surface area contributed by atoms with Crippen molar-refractivity contribution in [3.8, 4) is 0 Å². The third-order valence-corrected chi connectivity index (χ3v) is 3.28. The van der Waals surface area contributed by atoms with Crippen molar-refractivity contribution in [1.82, 2.24) is 0 Å². The quantitative estimate of drug-likeness (QED) is 0.599. The van der Waals surface area contributed by atoms with Crippen molar-refractivity contribution >= 4 is 27.9 Å². The van der Waals surface area contributed by atoms with Crippen LogP contribution in [0, 0.1) is 5.92 Å². The number of rotatable bonds is 6. The molecule has 0 fully saturated rings. The average Bonchev–Trinajstić information content (AvgIpc) is 2.22. The zero-order chi connectivity index (χ0) is 12.0. The number of hydrogen-bond acceptors (Lipinski definition) is 3. The van der Waals surface area contributed by atoms with E-state index in [1.54, 1.807) is 6.92 Å². The van der Waals surface area contributed by atoms with Gasteiger partial charge in [-0.15, -0.1) is 0 Å². The molecular formula is C10H17BrO4. The van der Waals surface area contributed by atoms with Gasteiger partial charge in [-0.1, -0.05) is 36.7 Å². The van der Waals surface area contributed by atoms with Gasteiger partial charge in [-0.3, -0.25) is 4.79 Å². The Labute approximate surface area is 98.1 Å². The number of carboxylic acid groups (broad SMARTS) is 1. The fraction of sp³-hybridized carbons (Fsp3) is 0.800. The number of carbonyl (C=O) groups excluding carboxylic acids is 1. The third kappa shape index (κ3) is 4.64. The zero-order valence-electron chi connectivity index (χ0n) is 9.20. The molecule has 4 nitrogen and oxygen atoms in total. The second-order valence-electron chi connectivity index (χ2n) is 3.46. The minimum atomic E-state index is -1.09. The maximum absolute atomic E-state index is 11.4. The van der Waals surface area contributed by atoms with Crippen molar-refractivity contribution in [1.29, 1.82) is 0 Å². The summed E-state index contributed by atoms with van der Waals surface area (Å²) in [6, 6.07) is 0. The molecule has 0 aliphatic carbocycles. The summed E-state index contributed by atoms with van der Waals surface area (Å²) >= 11 is 3.12. The highest BCUT2D eigenvalue weighted by Gasteiger charge is 2.29. The topological polar surface area (TPSA) is 63.6 Å². The van der Waals surface area contributed by atoms with Crippen molar-refractivity contribution in [3.63, 3.8) is 0 Å². The van der Waals surface area contributed by atoms with Crippen molar-refractivity contribution in [2.45, 2.75) is 44.5 Å². The Morgan fingerprint density at radius 2 is 1.87 bits per heavy atom. The summed E-state index contributed by atoms with van der Waals surface area (Å²) in [6.07, 6.45) is 0.184. The number of ether oxygens (including phenoxy) is 1. The maximum atomic E-state index is 11.4. The molecule has 0 bridgehead atoms. The van der Waals surface area contributed by atoms with Crippen LogP contribution in [-0.2, 0) is 14.3 Å². The summed E-state index contributed by atoms with van der Waals surface area (Å²) in [4.78, 5) is 21.8. The minimum Gasteiger partial charge on any atom is -0.478 e. The Morgan fingerprint density at radius 3 is 2.20 bits per heavy atom.